The van der Waals surface area contributed by atoms with Gasteiger partial charge in [0.15, 0.2) is 18.1 Å². The molecule has 0 saturated heterocycles. The van der Waals surface area contributed by atoms with Gasteiger partial charge in [0.05, 0.1) is 13.0 Å². The van der Waals surface area contributed by atoms with E-state index in [2.05, 4.69) is 5.32 Å². The molecule has 1 N–H and O–H groups in total. The van der Waals surface area contributed by atoms with Gasteiger partial charge in [-0.05, 0) is 37.0 Å². The molecule has 9 heteroatoms. The molecule has 2 rings (SSSR count). The standard InChI is InChI=1S/C17H21F6NO2/c1-25-15-7-11(5-6-14(15)26-10-16(18,19)20)9-24-13-4-2-3-12(8-13)17(21,22)23/h5-7,12-13,24H,2-4,8-10H2,1H3. The van der Waals surface area contributed by atoms with Crippen molar-refractivity contribution < 1.29 is 35.8 Å². The fourth-order valence-corrected chi connectivity index (χ4v) is 3.04. The lowest BCUT2D eigenvalue weighted by atomic mass is 9.85. The van der Waals surface area contributed by atoms with Crippen LogP contribution in [-0.4, -0.2) is 32.1 Å². The van der Waals surface area contributed by atoms with Crippen LogP contribution in [0.5, 0.6) is 11.5 Å². The largest absolute Gasteiger partial charge is 0.493 e. The molecule has 0 aromatic heterocycles. The maximum Gasteiger partial charge on any atom is 0.422 e. The fourth-order valence-electron chi connectivity index (χ4n) is 3.04. The van der Waals surface area contributed by atoms with Crippen molar-refractivity contribution >= 4 is 0 Å². The SMILES string of the molecule is COc1cc(CNC2CCCC(C(F)(F)F)C2)ccc1OCC(F)(F)F. The molecule has 1 aliphatic carbocycles. The van der Waals surface area contributed by atoms with E-state index in [0.717, 1.165) is 0 Å². The Morgan fingerprint density at radius 1 is 1.08 bits per heavy atom. The fraction of sp³-hybridized carbons (Fsp3) is 0.647. The summed E-state index contributed by atoms with van der Waals surface area (Å²) in [5.74, 6) is -1.19. The number of alkyl halides is 6. The van der Waals surface area contributed by atoms with Crippen molar-refractivity contribution in [2.24, 2.45) is 5.92 Å². The Kier molecular flexibility index (Phi) is 6.65. The van der Waals surface area contributed by atoms with Gasteiger partial charge in [-0.1, -0.05) is 12.5 Å². The smallest absolute Gasteiger partial charge is 0.422 e. The second kappa shape index (κ2) is 8.37. The summed E-state index contributed by atoms with van der Waals surface area (Å²) >= 11 is 0. The van der Waals surface area contributed by atoms with Crippen LogP contribution in [0, 0.1) is 5.92 Å². The number of hydrogen-bond acceptors (Lipinski definition) is 3. The number of halogens is 6. The average molecular weight is 385 g/mol. The molecule has 0 amide bonds. The average Bonchev–Trinajstić information content (AvgIpc) is 2.57. The van der Waals surface area contributed by atoms with Crippen molar-refractivity contribution in [3.8, 4) is 11.5 Å². The van der Waals surface area contributed by atoms with Gasteiger partial charge in [0, 0.05) is 12.6 Å². The van der Waals surface area contributed by atoms with Crippen LogP contribution in [-0.2, 0) is 6.54 Å². The van der Waals surface area contributed by atoms with Crippen molar-refractivity contribution in [2.75, 3.05) is 13.7 Å². The van der Waals surface area contributed by atoms with Crippen LogP contribution < -0.4 is 14.8 Å². The topological polar surface area (TPSA) is 30.5 Å². The molecule has 1 aromatic carbocycles. The van der Waals surface area contributed by atoms with E-state index in [4.69, 9.17) is 9.47 Å². The molecule has 148 valence electrons. The molecule has 1 fully saturated rings. The van der Waals surface area contributed by atoms with E-state index in [1.807, 2.05) is 0 Å². The Morgan fingerprint density at radius 3 is 2.42 bits per heavy atom. The quantitative estimate of drug-likeness (QED) is 0.711. The first-order valence-corrected chi connectivity index (χ1v) is 8.25. The van der Waals surface area contributed by atoms with E-state index in [1.54, 1.807) is 6.07 Å². The molecular weight excluding hydrogens is 364 g/mol. The zero-order valence-corrected chi connectivity index (χ0v) is 14.2. The Hall–Kier alpha value is -1.64. The maximum absolute atomic E-state index is 12.8. The minimum Gasteiger partial charge on any atom is -0.493 e. The third-order valence-electron chi connectivity index (χ3n) is 4.35. The Labute approximate surface area is 147 Å². The second-order valence-corrected chi connectivity index (χ2v) is 6.37. The van der Waals surface area contributed by atoms with Gasteiger partial charge in [-0.25, -0.2) is 0 Å². The number of hydrogen-bond donors (Lipinski definition) is 1. The summed E-state index contributed by atoms with van der Waals surface area (Å²) in [5.41, 5.74) is 0.690. The molecular formula is C17H21F6NO2. The highest BCUT2D eigenvalue weighted by Gasteiger charge is 2.42. The summed E-state index contributed by atoms with van der Waals surface area (Å²) in [7, 11) is 1.31. The van der Waals surface area contributed by atoms with E-state index < -0.39 is 24.9 Å². The number of rotatable bonds is 6. The lowest BCUT2D eigenvalue weighted by molar-refractivity contribution is -0.183. The number of benzene rings is 1. The highest BCUT2D eigenvalue weighted by Crippen LogP contribution is 2.37. The van der Waals surface area contributed by atoms with Crippen molar-refractivity contribution in [2.45, 2.75) is 50.6 Å². The summed E-state index contributed by atoms with van der Waals surface area (Å²) < 4.78 is 85.0. The predicted molar refractivity (Wildman–Crippen MR) is 83.2 cm³/mol. The summed E-state index contributed by atoms with van der Waals surface area (Å²) in [6.07, 6.45) is -7.28. The Balaban J connectivity index is 1.93. The van der Waals surface area contributed by atoms with Crippen LogP contribution in [0.2, 0.25) is 0 Å². The molecule has 1 saturated carbocycles. The summed E-state index contributed by atoms with van der Waals surface area (Å²) in [5, 5.41) is 3.09. The van der Waals surface area contributed by atoms with Crippen molar-refractivity contribution in [1.29, 1.82) is 0 Å². The first kappa shape index (κ1) is 20.7. The zero-order chi connectivity index (χ0) is 19.4. The third kappa shape index (κ3) is 6.26. The Morgan fingerprint density at radius 2 is 1.81 bits per heavy atom. The molecule has 1 aromatic rings. The molecule has 0 spiro atoms. The van der Waals surface area contributed by atoms with Gasteiger partial charge >= 0.3 is 12.4 Å². The highest BCUT2D eigenvalue weighted by molar-refractivity contribution is 5.43. The van der Waals surface area contributed by atoms with E-state index in [9.17, 15) is 26.3 Å². The van der Waals surface area contributed by atoms with Crippen LogP contribution in [0.25, 0.3) is 0 Å². The van der Waals surface area contributed by atoms with E-state index in [1.165, 1.54) is 19.2 Å². The molecule has 1 aliphatic rings. The molecule has 0 bridgehead atoms. The van der Waals surface area contributed by atoms with Gasteiger partial charge in [0.2, 0.25) is 0 Å². The van der Waals surface area contributed by atoms with Crippen LogP contribution >= 0.6 is 0 Å². The Bertz CT molecular complexity index is 588. The minimum absolute atomic E-state index is 0.0351. The zero-order valence-electron chi connectivity index (χ0n) is 14.2. The van der Waals surface area contributed by atoms with Crippen molar-refractivity contribution in [3.05, 3.63) is 23.8 Å². The first-order chi connectivity index (χ1) is 12.1. The highest BCUT2D eigenvalue weighted by atomic mass is 19.4. The first-order valence-electron chi connectivity index (χ1n) is 8.25. The van der Waals surface area contributed by atoms with Crippen molar-refractivity contribution in [3.63, 3.8) is 0 Å². The second-order valence-electron chi connectivity index (χ2n) is 6.37. The van der Waals surface area contributed by atoms with E-state index in [0.29, 0.717) is 24.9 Å². The van der Waals surface area contributed by atoms with Gasteiger partial charge in [0.1, 0.15) is 0 Å². The van der Waals surface area contributed by atoms with Gasteiger partial charge in [-0.2, -0.15) is 26.3 Å². The van der Waals surface area contributed by atoms with Gasteiger partial charge in [0.25, 0.3) is 0 Å². The molecule has 0 aliphatic heterocycles. The third-order valence-corrected chi connectivity index (χ3v) is 4.35. The lowest BCUT2D eigenvalue weighted by Crippen LogP contribution is -2.38. The van der Waals surface area contributed by atoms with Crippen LogP contribution in [0.3, 0.4) is 0 Å². The molecule has 2 unspecified atom stereocenters. The van der Waals surface area contributed by atoms with E-state index >= 15 is 0 Å². The van der Waals surface area contributed by atoms with Gasteiger partial charge in [-0.3, -0.25) is 0 Å². The van der Waals surface area contributed by atoms with Gasteiger partial charge < -0.3 is 14.8 Å². The predicted octanol–water partition coefficient (Wildman–Crippen LogP) is 4.85. The van der Waals surface area contributed by atoms with Gasteiger partial charge in [-0.15, -0.1) is 0 Å². The molecule has 0 heterocycles. The van der Waals surface area contributed by atoms with Crippen LogP contribution in [0.4, 0.5) is 26.3 Å². The minimum atomic E-state index is -4.46. The maximum atomic E-state index is 12.8. The lowest BCUT2D eigenvalue weighted by Gasteiger charge is -2.31. The van der Waals surface area contributed by atoms with E-state index in [-0.39, 0.29) is 30.4 Å². The normalized spacial score (nSPS) is 21.5. The molecule has 2 atom stereocenters. The van der Waals surface area contributed by atoms with Crippen LogP contribution in [0.1, 0.15) is 31.2 Å². The van der Waals surface area contributed by atoms with Crippen LogP contribution in [0.15, 0.2) is 18.2 Å². The van der Waals surface area contributed by atoms with Crippen molar-refractivity contribution in [1.82, 2.24) is 5.32 Å². The molecule has 3 nitrogen and oxygen atoms in total. The summed E-state index contributed by atoms with van der Waals surface area (Å²) in [6.45, 7) is -1.13. The number of ether oxygens (including phenoxy) is 2. The monoisotopic (exact) mass is 385 g/mol. The molecule has 26 heavy (non-hydrogen) atoms. The number of nitrogens with one attached hydrogen (secondary N) is 1. The summed E-state index contributed by atoms with van der Waals surface area (Å²) in [6, 6.07) is 4.19. The summed E-state index contributed by atoms with van der Waals surface area (Å²) in [4.78, 5) is 0. The number of methoxy groups -OCH3 is 1. The molecule has 0 radical (unpaired) electrons.